The molecule has 0 bridgehead atoms. The summed E-state index contributed by atoms with van der Waals surface area (Å²) < 4.78 is 5.45. The van der Waals surface area contributed by atoms with E-state index in [0.29, 0.717) is 16.9 Å². The van der Waals surface area contributed by atoms with Crippen LogP contribution in [0.1, 0.15) is 40.4 Å². The zero-order valence-electron chi connectivity index (χ0n) is 12.0. The van der Waals surface area contributed by atoms with Gasteiger partial charge in [0.2, 0.25) is 0 Å². The molecule has 0 aliphatic carbocycles. The van der Waals surface area contributed by atoms with Crippen molar-refractivity contribution in [2.45, 2.75) is 26.8 Å². The van der Waals surface area contributed by atoms with Crippen molar-refractivity contribution in [3.63, 3.8) is 0 Å². The van der Waals surface area contributed by atoms with E-state index >= 15 is 0 Å². The van der Waals surface area contributed by atoms with E-state index in [4.69, 9.17) is 4.42 Å². The summed E-state index contributed by atoms with van der Waals surface area (Å²) in [7, 11) is 0. The summed E-state index contributed by atoms with van der Waals surface area (Å²) in [4.78, 5) is 22.7. The monoisotopic (exact) mass is 288 g/mol. The van der Waals surface area contributed by atoms with Gasteiger partial charge in [0, 0.05) is 17.2 Å². The molecule has 1 N–H and O–H groups in total. The average Bonchev–Trinajstić information content (AvgIpc) is 2.85. The lowest BCUT2D eigenvalue weighted by Gasteiger charge is -2.12. The van der Waals surface area contributed by atoms with Gasteiger partial charge in [0.05, 0.1) is 11.0 Å². The number of amides is 1. The smallest absolute Gasteiger partial charge is 0.273 e. The van der Waals surface area contributed by atoms with Crippen molar-refractivity contribution in [2.75, 3.05) is 0 Å². The van der Waals surface area contributed by atoms with Crippen LogP contribution in [0, 0.1) is 24.0 Å². The quantitative estimate of drug-likeness (QED) is 0.691. The molecule has 1 heterocycles. The molecule has 0 aliphatic rings. The fourth-order valence-corrected chi connectivity index (χ4v) is 2.10. The van der Waals surface area contributed by atoms with Gasteiger partial charge in [-0.05, 0) is 39.0 Å². The summed E-state index contributed by atoms with van der Waals surface area (Å²) in [5, 5.41) is 13.7. The van der Waals surface area contributed by atoms with Gasteiger partial charge in [-0.15, -0.1) is 0 Å². The normalized spacial score (nSPS) is 12.0. The fraction of sp³-hybridized carbons (Fsp3) is 0.267. The van der Waals surface area contributed by atoms with Crippen LogP contribution >= 0.6 is 0 Å². The molecular weight excluding hydrogens is 272 g/mol. The topological polar surface area (TPSA) is 85.4 Å². The summed E-state index contributed by atoms with van der Waals surface area (Å²) in [6, 6.07) is 7.74. The second kappa shape index (κ2) is 5.78. The maximum atomic E-state index is 12.3. The van der Waals surface area contributed by atoms with Crippen LogP contribution in [0.25, 0.3) is 0 Å². The summed E-state index contributed by atoms with van der Waals surface area (Å²) in [6.07, 6.45) is 0. The van der Waals surface area contributed by atoms with Crippen molar-refractivity contribution in [3.05, 3.63) is 63.1 Å². The number of hydrogen-bond acceptors (Lipinski definition) is 4. The van der Waals surface area contributed by atoms with Crippen molar-refractivity contribution in [1.82, 2.24) is 5.32 Å². The maximum absolute atomic E-state index is 12.3. The van der Waals surface area contributed by atoms with E-state index in [1.165, 1.54) is 12.1 Å². The van der Waals surface area contributed by atoms with Gasteiger partial charge in [-0.3, -0.25) is 14.9 Å². The molecule has 0 saturated heterocycles. The molecule has 1 atom stereocenters. The zero-order chi connectivity index (χ0) is 15.6. The largest absolute Gasteiger partial charge is 0.464 e. The SMILES string of the molecule is Cc1ccc(C(C)NC(=O)c2cccc([N+](=O)[O-])c2C)o1. The van der Waals surface area contributed by atoms with Crippen molar-refractivity contribution in [3.8, 4) is 0 Å². The van der Waals surface area contributed by atoms with Gasteiger partial charge in [0.1, 0.15) is 11.5 Å². The van der Waals surface area contributed by atoms with E-state index in [2.05, 4.69) is 5.32 Å². The molecular formula is C15H16N2O4. The van der Waals surface area contributed by atoms with Crippen LogP contribution in [0.4, 0.5) is 5.69 Å². The Labute approximate surface area is 121 Å². The fourth-order valence-electron chi connectivity index (χ4n) is 2.10. The Balaban J connectivity index is 2.21. The Morgan fingerprint density at radius 2 is 2.00 bits per heavy atom. The third-order valence-corrected chi connectivity index (χ3v) is 3.28. The second-order valence-corrected chi connectivity index (χ2v) is 4.85. The van der Waals surface area contributed by atoms with Crippen molar-refractivity contribution < 1.29 is 14.1 Å². The molecule has 2 aromatic rings. The number of nitro groups is 1. The Hall–Kier alpha value is -2.63. The van der Waals surface area contributed by atoms with Gasteiger partial charge >= 0.3 is 0 Å². The maximum Gasteiger partial charge on any atom is 0.273 e. The number of nitrogens with zero attached hydrogens (tertiary/aromatic N) is 1. The number of benzene rings is 1. The van der Waals surface area contributed by atoms with Crippen molar-refractivity contribution in [2.24, 2.45) is 0 Å². The number of carbonyl (C=O) groups is 1. The van der Waals surface area contributed by atoms with E-state index in [1.807, 2.05) is 13.0 Å². The highest BCUT2D eigenvalue weighted by molar-refractivity contribution is 5.96. The predicted molar refractivity (Wildman–Crippen MR) is 77.2 cm³/mol. The van der Waals surface area contributed by atoms with E-state index in [1.54, 1.807) is 26.0 Å². The summed E-state index contributed by atoms with van der Waals surface area (Å²) in [5.41, 5.74) is 0.575. The number of nitrogens with one attached hydrogen (secondary N) is 1. The van der Waals surface area contributed by atoms with Gasteiger partial charge in [-0.1, -0.05) is 6.07 Å². The Bertz CT molecular complexity index is 691. The lowest BCUT2D eigenvalue weighted by Crippen LogP contribution is -2.27. The van der Waals surface area contributed by atoms with E-state index in [9.17, 15) is 14.9 Å². The molecule has 1 amide bonds. The first-order valence-corrected chi connectivity index (χ1v) is 6.51. The van der Waals surface area contributed by atoms with Crippen LogP contribution in [-0.2, 0) is 0 Å². The number of carbonyl (C=O) groups excluding carboxylic acids is 1. The predicted octanol–water partition coefficient (Wildman–Crippen LogP) is 3.30. The van der Waals surface area contributed by atoms with E-state index in [0.717, 1.165) is 5.76 Å². The van der Waals surface area contributed by atoms with Crippen molar-refractivity contribution in [1.29, 1.82) is 0 Å². The molecule has 0 radical (unpaired) electrons. The first kappa shape index (κ1) is 14.8. The molecule has 1 aromatic carbocycles. The molecule has 21 heavy (non-hydrogen) atoms. The number of aryl methyl sites for hydroxylation is 1. The van der Waals surface area contributed by atoms with Crippen LogP contribution in [0.5, 0.6) is 0 Å². The average molecular weight is 288 g/mol. The molecule has 1 aromatic heterocycles. The van der Waals surface area contributed by atoms with E-state index in [-0.39, 0.29) is 17.6 Å². The lowest BCUT2D eigenvalue weighted by atomic mass is 10.1. The molecule has 1 unspecified atom stereocenters. The Kier molecular flexibility index (Phi) is 4.07. The van der Waals surface area contributed by atoms with Crippen LogP contribution in [0.2, 0.25) is 0 Å². The van der Waals surface area contributed by atoms with E-state index < -0.39 is 4.92 Å². The van der Waals surface area contributed by atoms with Gasteiger partial charge < -0.3 is 9.73 Å². The highest BCUT2D eigenvalue weighted by atomic mass is 16.6. The van der Waals surface area contributed by atoms with Crippen LogP contribution in [0.3, 0.4) is 0 Å². The Morgan fingerprint density at radius 3 is 2.57 bits per heavy atom. The molecule has 0 fully saturated rings. The van der Waals surface area contributed by atoms with Gasteiger partial charge in [-0.25, -0.2) is 0 Å². The highest BCUT2D eigenvalue weighted by Crippen LogP contribution is 2.22. The summed E-state index contributed by atoms with van der Waals surface area (Å²) in [6.45, 7) is 5.18. The minimum atomic E-state index is -0.495. The third kappa shape index (κ3) is 3.10. The summed E-state index contributed by atoms with van der Waals surface area (Å²) in [5.74, 6) is 1.04. The molecule has 0 saturated carbocycles. The number of rotatable bonds is 4. The molecule has 2 rings (SSSR count). The van der Waals surface area contributed by atoms with Crippen LogP contribution in [0.15, 0.2) is 34.7 Å². The number of hydrogen-bond donors (Lipinski definition) is 1. The molecule has 6 heteroatoms. The minimum absolute atomic E-state index is 0.0656. The molecule has 0 spiro atoms. The summed E-state index contributed by atoms with van der Waals surface area (Å²) >= 11 is 0. The minimum Gasteiger partial charge on any atom is -0.464 e. The van der Waals surface area contributed by atoms with Crippen LogP contribution < -0.4 is 5.32 Å². The standard InChI is InChI=1S/C15H16N2O4/c1-9-7-8-14(21-9)11(3)16-15(18)12-5-4-6-13(10(12)2)17(19)20/h4-8,11H,1-3H3,(H,16,18). The highest BCUT2D eigenvalue weighted by Gasteiger charge is 2.20. The van der Waals surface area contributed by atoms with Gasteiger partial charge in [0.25, 0.3) is 11.6 Å². The molecule has 0 aliphatic heterocycles. The third-order valence-electron chi connectivity index (χ3n) is 3.28. The first-order chi connectivity index (χ1) is 9.90. The first-order valence-electron chi connectivity index (χ1n) is 6.51. The number of furan rings is 1. The van der Waals surface area contributed by atoms with Crippen LogP contribution in [-0.4, -0.2) is 10.8 Å². The second-order valence-electron chi connectivity index (χ2n) is 4.85. The van der Waals surface area contributed by atoms with Crippen molar-refractivity contribution >= 4 is 11.6 Å². The van der Waals surface area contributed by atoms with Gasteiger partial charge in [-0.2, -0.15) is 0 Å². The lowest BCUT2D eigenvalue weighted by molar-refractivity contribution is -0.385. The number of nitro benzene ring substituents is 1. The van der Waals surface area contributed by atoms with Gasteiger partial charge in [0.15, 0.2) is 0 Å². The molecule has 6 nitrogen and oxygen atoms in total. The molecule has 110 valence electrons. The zero-order valence-corrected chi connectivity index (χ0v) is 12.0. The Morgan fingerprint density at radius 1 is 1.29 bits per heavy atom.